The zero-order chi connectivity index (χ0) is 23.2. The molecule has 1 aromatic heterocycles. The van der Waals surface area contributed by atoms with Gasteiger partial charge in [0.1, 0.15) is 5.82 Å². The monoisotopic (exact) mass is 467 g/mol. The number of aryl methyl sites for hydroxylation is 1. The van der Waals surface area contributed by atoms with Crippen molar-refractivity contribution in [2.75, 3.05) is 25.6 Å². The van der Waals surface area contributed by atoms with E-state index in [4.69, 9.17) is 9.72 Å². The van der Waals surface area contributed by atoms with Gasteiger partial charge in [-0.2, -0.15) is 0 Å². The van der Waals surface area contributed by atoms with Gasteiger partial charge in [-0.15, -0.1) is 11.8 Å². The number of aliphatic hydroxyl groups excluding tert-OH is 1. The highest BCUT2D eigenvalue weighted by Crippen LogP contribution is 2.24. The quantitative estimate of drug-likeness (QED) is 0.450. The summed E-state index contributed by atoms with van der Waals surface area (Å²) in [5.41, 5.74) is 3.31. The Labute approximate surface area is 199 Å². The number of rotatable bonds is 9. The third-order valence-corrected chi connectivity index (χ3v) is 7.11. The lowest BCUT2D eigenvalue weighted by Crippen LogP contribution is -2.30. The van der Waals surface area contributed by atoms with Gasteiger partial charge in [-0.3, -0.25) is 4.79 Å². The first-order valence-electron chi connectivity index (χ1n) is 11.8. The number of amides is 1. The number of aromatic nitrogens is 2. The van der Waals surface area contributed by atoms with E-state index in [9.17, 15) is 9.90 Å². The molecule has 2 heterocycles. The summed E-state index contributed by atoms with van der Waals surface area (Å²) in [6.07, 6.45) is 3.16. The predicted molar refractivity (Wildman–Crippen MR) is 133 cm³/mol. The first-order chi connectivity index (χ1) is 16.1. The molecule has 1 aliphatic heterocycles. The Morgan fingerprint density at radius 2 is 2.09 bits per heavy atom. The molecule has 2 aromatic carbocycles. The van der Waals surface area contributed by atoms with Crippen LogP contribution in [-0.4, -0.2) is 46.1 Å². The molecule has 2 atom stereocenters. The molecule has 0 saturated carbocycles. The van der Waals surface area contributed by atoms with Crippen molar-refractivity contribution in [2.45, 2.75) is 50.6 Å². The first-order valence-corrected chi connectivity index (χ1v) is 12.8. The first kappa shape index (κ1) is 23.8. The number of thioether (sulfide) groups is 1. The molecule has 7 heteroatoms. The van der Waals surface area contributed by atoms with Crippen molar-refractivity contribution in [1.82, 2.24) is 14.9 Å². The number of hydrogen-bond donors (Lipinski definition) is 2. The molecule has 2 unspecified atom stereocenters. The maximum atomic E-state index is 13.0. The largest absolute Gasteiger partial charge is 0.394 e. The molecule has 0 spiro atoms. The lowest BCUT2D eigenvalue weighted by Gasteiger charge is -2.21. The third-order valence-electron chi connectivity index (χ3n) is 6.21. The predicted octanol–water partition coefficient (Wildman–Crippen LogP) is 4.60. The molecule has 1 saturated heterocycles. The smallest absolute Gasteiger partial charge is 0.251 e. The van der Waals surface area contributed by atoms with Gasteiger partial charge in [0, 0.05) is 36.6 Å². The number of imidazole rings is 1. The van der Waals surface area contributed by atoms with Gasteiger partial charge in [0.25, 0.3) is 5.91 Å². The van der Waals surface area contributed by atoms with E-state index in [1.54, 1.807) is 11.8 Å². The summed E-state index contributed by atoms with van der Waals surface area (Å²) in [5, 5.41) is 12.9. The van der Waals surface area contributed by atoms with Crippen molar-refractivity contribution in [3.63, 3.8) is 0 Å². The Morgan fingerprint density at radius 1 is 1.27 bits per heavy atom. The van der Waals surface area contributed by atoms with Crippen LogP contribution in [0.15, 0.2) is 47.4 Å². The lowest BCUT2D eigenvalue weighted by atomic mass is 9.98. The third kappa shape index (κ3) is 5.60. The number of fused-ring (bicyclic) bond motifs is 1. The average Bonchev–Trinajstić information content (AvgIpc) is 3.19. The number of aliphatic hydroxyl groups is 1. The second-order valence-corrected chi connectivity index (χ2v) is 9.81. The van der Waals surface area contributed by atoms with Crippen LogP contribution in [0.25, 0.3) is 11.0 Å². The van der Waals surface area contributed by atoms with Crippen LogP contribution in [0.1, 0.15) is 54.5 Å². The minimum absolute atomic E-state index is 0.160. The Bertz CT molecular complexity index is 1070. The normalized spacial score (nSPS) is 17.2. The fourth-order valence-corrected chi connectivity index (χ4v) is 5.16. The number of benzene rings is 2. The summed E-state index contributed by atoms with van der Waals surface area (Å²) in [6.45, 7) is 6.56. The van der Waals surface area contributed by atoms with Crippen LogP contribution in [0.3, 0.4) is 0 Å². The molecule has 6 nitrogen and oxygen atoms in total. The Kier molecular flexibility index (Phi) is 8.06. The van der Waals surface area contributed by atoms with Crippen LogP contribution in [-0.2, 0) is 17.7 Å². The standard InChI is InChI=1S/C26H33N3O3S/c1-3-29-24-12-9-20(15-22(24)27-25(29)14-18-6-5-13-32-17-18)26(31)28-23(16-30)19-7-10-21(11-8-19)33-4-2/h7-12,15,18,23,30H,3-6,13-14,16-17H2,1-2H3,(H,28,31). The highest BCUT2D eigenvalue weighted by molar-refractivity contribution is 7.99. The summed E-state index contributed by atoms with van der Waals surface area (Å²) < 4.78 is 7.88. The Morgan fingerprint density at radius 3 is 2.76 bits per heavy atom. The minimum atomic E-state index is -0.455. The topological polar surface area (TPSA) is 76.4 Å². The van der Waals surface area contributed by atoms with E-state index in [1.165, 1.54) is 11.3 Å². The van der Waals surface area contributed by atoms with Crippen LogP contribution in [0.5, 0.6) is 0 Å². The van der Waals surface area contributed by atoms with Crippen molar-refractivity contribution >= 4 is 28.7 Å². The molecule has 176 valence electrons. The zero-order valence-electron chi connectivity index (χ0n) is 19.4. The molecule has 0 bridgehead atoms. The molecular weight excluding hydrogens is 434 g/mol. The highest BCUT2D eigenvalue weighted by atomic mass is 32.2. The lowest BCUT2D eigenvalue weighted by molar-refractivity contribution is 0.0540. The SMILES string of the molecule is CCSc1ccc(C(CO)NC(=O)c2ccc3c(c2)nc(CC2CCCOC2)n3CC)cc1. The van der Waals surface area contributed by atoms with Crippen LogP contribution >= 0.6 is 11.8 Å². The number of carbonyl (C=O) groups excluding carboxylic acids is 1. The van der Waals surface area contributed by atoms with Gasteiger partial charge in [-0.05, 0) is 67.3 Å². The number of nitrogens with one attached hydrogen (secondary N) is 1. The zero-order valence-corrected chi connectivity index (χ0v) is 20.2. The number of carbonyl (C=O) groups is 1. The van der Waals surface area contributed by atoms with E-state index in [2.05, 4.69) is 23.7 Å². The number of hydrogen-bond acceptors (Lipinski definition) is 5. The average molecular weight is 468 g/mol. The van der Waals surface area contributed by atoms with Gasteiger partial charge in [0.2, 0.25) is 0 Å². The molecule has 2 N–H and O–H groups in total. The van der Waals surface area contributed by atoms with E-state index in [-0.39, 0.29) is 12.5 Å². The molecule has 1 fully saturated rings. The fourth-order valence-electron chi connectivity index (χ4n) is 4.50. The second-order valence-electron chi connectivity index (χ2n) is 8.47. The van der Waals surface area contributed by atoms with Gasteiger partial charge in [0.05, 0.1) is 23.7 Å². The van der Waals surface area contributed by atoms with Gasteiger partial charge in [-0.1, -0.05) is 19.1 Å². The summed E-state index contributed by atoms with van der Waals surface area (Å²) in [5.74, 6) is 2.34. The van der Waals surface area contributed by atoms with Gasteiger partial charge in [0.15, 0.2) is 0 Å². The summed E-state index contributed by atoms with van der Waals surface area (Å²) in [7, 11) is 0. The minimum Gasteiger partial charge on any atom is -0.394 e. The molecule has 4 rings (SSSR count). The second kappa shape index (κ2) is 11.2. The van der Waals surface area contributed by atoms with Gasteiger partial charge >= 0.3 is 0 Å². The molecule has 0 radical (unpaired) electrons. The van der Waals surface area contributed by atoms with E-state index < -0.39 is 6.04 Å². The number of ether oxygens (including phenoxy) is 1. The van der Waals surface area contributed by atoms with Crippen molar-refractivity contribution in [2.24, 2.45) is 5.92 Å². The molecule has 33 heavy (non-hydrogen) atoms. The summed E-state index contributed by atoms with van der Waals surface area (Å²) in [6, 6.07) is 13.2. The molecule has 1 aliphatic rings. The fraction of sp³-hybridized carbons (Fsp3) is 0.462. The van der Waals surface area contributed by atoms with Crippen molar-refractivity contribution < 1.29 is 14.6 Å². The molecule has 3 aromatic rings. The molecule has 0 aliphatic carbocycles. The van der Waals surface area contributed by atoms with E-state index in [0.29, 0.717) is 11.5 Å². The van der Waals surface area contributed by atoms with Crippen LogP contribution in [0, 0.1) is 5.92 Å². The summed E-state index contributed by atoms with van der Waals surface area (Å²) >= 11 is 1.77. The van der Waals surface area contributed by atoms with Crippen molar-refractivity contribution in [3.05, 3.63) is 59.4 Å². The van der Waals surface area contributed by atoms with E-state index in [1.807, 2.05) is 42.5 Å². The van der Waals surface area contributed by atoms with Crippen LogP contribution < -0.4 is 5.32 Å². The Hall–Kier alpha value is -2.35. The summed E-state index contributed by atoms with van der Waals surface area (Å²) in [4.78, 5) is 19.1. The van der Waals surface area contributed by atoms with E-state index in [0.717, 1.165) is 60.8 Å². The number of nitrogens with zero attached hydrogens (tertiary/aromatic N) is 2. The van der Waals surface area contributed by atoms with Crippen LogP contribution in [0.2, 0.25) is 0 Å². The highest BCUT2D eigenvalue weighted by Gasteiger charge is 2.20. The van der Waals surface area contributed by atoms with Crippen LogP contribution in [0.4, 0.5) is 0 Å². The molecular formula is C26H33N3O3S. The molecule has 1 amide bonds. The van der Waals surface area contributed by atoms with Gasteiger partial charge in [-0.25, -0.2) is 4.98 Å². The van der Waals surface area contributed by atoms with Gasteiger partial charge < -0.3 is 19.7 Å². The van der Waals surface area contributed by atoms with Crippen molar-refractivity contribution in [1.29, 1.82) is 0 Å². The maximum absolute atomic E-state index is 13.0. The van der Waals surface area contributed by atoms with E-state index >= 15 is 0 Å². The van der Waals surface area contributed by atoms with Crippen molar-refractivity contribution in [3.8, 4) is 0 Å². The maximum Gasteiger partial charge on any atom is 0.251 e. The Balaban J connectivity index is 1.51.